The minimum absolute atomic E-state index is 0.000289. The number of carbonyl (C=O) groups excluding carboxylic acids is 1. The second-order valence-corrected chi connectivity index (χ2v) is 5.95. The molecule has 0 heterocycles. The van der Waals surface area contributed by atoms with Crippen molar-refractivity contribution in [3.05, 3.63) is 0 Å². The quantitative estimate of drug-likeness (QED) is 0.537. The molecule has 0 saturated carbocycles. The number of hydrogen-bond donors (Lipinski definition) is 3. The van der Waals surface area contributed by atoms with E-state index in [1.807, 2.05) is 0 Å². The summed E-state index contributed by atoms with van der Waals surface area (Å²) in [5.41, 5.74) is 16.0. The molecule has 0 aliphatic carbocycles. The van der Waals surface area contributed by atoms with Crippen LogP contribution in [0.4, 0.5) is 0 Å². The zero-order valence-electron chi connectivity index (χ0n) is 11.8. The van der Waals surface area contributed by atoms with Crippen LogP contribution in [0.15, 0.2) is 0 Å². The first-order chi connectivity index (χ1) is 8.80. The molecule has 0 aromatic heterocycles. The van der Waals surface area contributed by atoms with Gasteiger partial charge in [-0.2, -0.15) is 0 Å². The molecular formula is C13H25N3OS2. The normalized spacial score (nSPS) is 12.9. The predicted octanol–water partition coefficient (Wildman–Crippen LogP) is 2.03. The summed E-state index contributed by atoms with van der Waals surface area (Å²) in [6, 6.07) is 0. The van der Waals surface area contributed by atoms with Gasteiger partial charge in [0.2, 0.25) is 5.91 Å². The molecule has 0 saturated heterocycles. The highest BCUT2D eigenvalue weighted by molar-refractivity contribution is 7.82. The van der Waals surface area contributed by atoms with Crippen LogP contribution < -0.4 is 17.2 Å². The van der Waals surface area contributed by atoms with Crippen molar-refractivity contribution in [3.8, 4) is 0 Å². The highest BCUT2D eigenvalue weighted by atomic mass is 32.1. The van der Waals surface area contributed by atoms with Gasteiger partial charge in [-0.05, 0) is 12.3 Å². The Morgan fingerprint density at radius 1 is 1.16 bits per heavy atom. The highest BCUT2D eigenvalue weighted by Gasteiger charge is 2.40. The van der Waals surface area contributed by atoms with Gasteiger partial charge in [0.05, 0.1) is 15.4 Å². The SMILES string of the molecule is CCCCC(CC)CC(CC(N)=O)(C(N)=S)C(N)=S. The van der Waals surface area contributed by atoms with Gasteiger partial charge in [-0.1, -0.05) is 64.0 Å². The molecule has 0 aliphatic rings. The fourth-order valence-electron chi connectivity index (χ4n) is 2.30. The van der Waals surface area contributed by atoms with Crippen LogP contribution in [0, 0.1) is 11.3 Å². The van der Waals surface area contributed by atoms with E-state index in [-0.39, 0.29) is 16.4 Å². The van der Waals surface area contributed by atoms with Gasteiger partial charge in [-0.25, -0.2) is 0 Å². The monoisotopic (exact) mass is 303 g/mol. The van der Waals surface area contributed by atoms with Crippen molar-refractivity contribution >= 4 is 40.3 Å². The molecule has 19 heavy (non-hydrogen) atoms. The maximum atomic E-state index is 11.3. The summed E-state index contributed by atoms with van der Waals surface area (Å²) >= 11 is 10.2. The minimum atomic E-state index is -0.912. The lowest BCUT2D eigenvalue weighted by molar-refractivity contribution is -0.119. The van der Waals surface area contributed by atoms with Gasteiger partial charge in [0.1, 0.15) is 0 Å². The number of thiocarbonyl (C=S) groups is 2. The smallest absolute Gasteiger partial charge is 0.218 e. The second kappa shape index (κ2) is 8.43. The zero-order valence-corrected chi connectivity index (χ0v) is 13.4. The first kappa shape index (κ1) is 18.2. The molecule has 110 valence electrons. The molecule has 0 radical (unpaired) electrons. The van der Waals surface area contributed by atoms with Gasteiger partial charge >= 0.3 is 0 Å². The van der Waals surface area contributed by atoms with Crippen LogP contribution in [0.1, 0.15) is 52.4 Å². The number of amides is 1. The Labute approximate surface area is 126 Å². The number of hydrogen-bond acceptors (Lipinski definition) is 3. The van der Waals surface area contributed by atoms with E-state index in [9.17, 15) is 4.79 Å². The number of rotatable bonds is 10. The zero-order chi connectivity index (χ0) is 15.1. The van der Waals surface area contributed by atoms with Crippen molar-refractivity contribution in [2.45, 2.75) is 52.4 Å². The molecule has 6 N–H and O–H groups in total. The lowest BCUT2D eigenvalue weighted by Gasteiger charge is -2.34. The Hall–Kier alpha value is -0.750. The summed E-state index contributed by atoms with van der Waals surface area (Å²) in [5, 5.41) is 0. The van der Waals surface area contributed by atoms with Crippen LogP contribution in [0.3, 0.4) is 0 Å². The lowest BCUT2D eigenvalue weighted by Crippen LogP contribution is -2.49. The molecule has 6 heteroatoms. The number of primary amides is 1. The molecule has 0 aliphatic heterocycles. The van der Waals surface area contributed by atoms with Crippen molar-refractivity contribution in [2.75, 3.05) is 0 Å². The molecule has 0 spiro atoms. The summed E-state index contributed by atoms with van der Waals surface area (Å²) < 4.78 is 0. The number of nitrogens with two attached hydrogens (primary N) is 3. The van der Waals surface area contributed by atoms with E-state index in [0.29, 0.717) is 12.3 Å². The van der Waals surface area contributed by atoms with Gasteiger partial charge in [0, 0.05) is 6.42 Å². The Kier molecular flexibility index (Phi) is 8.09. The van der Waals surface area contributed by atoms with Crippen molar-refractivity contribution in [2.24, 2.45) is 28.5 Å². The van der Waals surface area contributed by atoms with Crippen LogP contribution in [0.25, 0.3) is 0 Å². The average molecular weight is 303 g/mol. The first-order valence-electron chi connectivity index (χ1n) is 6.68. The third-order valence-corrected chi connectivity index (χ3v) is 4.38. The van der Waals surface area contributed by atoms with E-state index in [1.54, 1.807) is 0 Å². The van der Waals surface area contributed by atoms with Gasteiger partial charge in [-0.3, -0.25) is 4.79 Å². The van der Waals surface area contributed by atoms with E-state index < -0.39 is 11.3 Å². The summed E-state index contributed by atoms with van der Waals surface area (Å²) in [6.07, 6.45) is 4.89. The maximum absolute atomic E-state index is 11.3. The Morgan fingerprint density at radius 2 is 1.68 bits per heavy atom. The molecular weight excluding hydrogens is 278 g/mol. The number of carbonyl (C=O) groups is 1. The van der Waals surface area contributed by atoms with Crippen LogP contribution in [0.2, 0.25) is 0 Å². The molecule has 1 atom stereocenters. The molecule has 1 amide bonds. The van der Waals surface area contributed by atoms with Gasteiger partial charge in [-0.15, -0.1) is 0 Å². The molecule has 1 unspecified atom stereocenters. The predicted molar refractivity (Wildman–Crippen MR) is 87.7 cm³/mol. The summed E-state index contributed by atoms with van der Waals surface area (Å²) in [4.78, 5) is 11.6. The second-order valence-electron chi connectivity index (χ2n) is 5.07. The van der Waals surface area contributed by atoms with Crippen LogP contribution in [-0.4, -0.2) is 15.9 Å². The average Bonchev–Trinajstić information content (AvgIpc) is 2.31. The molecule has 4 nitrogen and oxygen atoms in total. The first-order valence-corrected chi connectivity index (χ1v) is 7.49. The van der Waals surface area contributed by atoms with E-state index in [2.05, 4.69) is 13.8 Å². The largest absolute Gasteiger partial charge is 0.392 e. The van der Waals surface area contributed by atoms with Gasteiger partial charge < -0.3 is 17.2 Å². The highest BCUT2D eigenvalue weighted by Crippen LogP contribution is 2.35. The number of unbranched alkanes of at least 4 members (excludes halogenated alkanes) is 1. The molecule has 0 aromatic rings. The van der Waals surface area contributed by atoms with Crippen molar-refractivity contribution in [3.63, 3.8) is 0 Å². The van der Waals surface area contributed by atoms with Crippen LogP contribution >= 0.6 is 24.4 Å². The topological polar surface area (TPSA) is 95.1 Å². The lowest BCUT2D eigenvalue weighted by atomic mass is 9.74. The summed E-state index contributed by atoms with van der Waals surface area (Å²) in [6.45, 7) is 4.25. The third kappa shape index (κ3) is 5.40. The minimum Gasteiger partial charge on any atom is -0.392 e. The van der Waals surface area contributed by atoms with E-state index >= 15 is 0 Å². The molecule has 0 rings (SSSR count). The van der Waals surface area contributed by atoms with Gasteiger partial charge in [0.15, 0.2) is 0 Å². The Balaban J connectivity index is 5.15. The Morgan fingerprint density at radius 3 is 2.00 bits per heavy atom. The maximum Gasteiger partial charge on any atom is 0.218 e. The molecule has 0 fully saturated rings. The summed E-state index contributed by atoms with van der Waals surface area (Å²) in [5.74, 6) is -0.0896. The summed E-state index contributed by atoms with van der Waals surface area (Å²) in [7, 11) is 0. The fraction of sp³-hybridized carbons (Fsp3) is 0.769. The van der Waals surface area contributed by atoms with Crippen LogP contribution in [-0.2, 0) is 4.79 Å². The van der Waals surface area contributed by atoms with E-state index in [0.717, 1.165) is 25.7 Å². The molecule has 0 aromatic carbocycles. The van der Waals surface area contributed by atoms with Crippen molar-refractivity contribution in [1.82, 2.24) is 0 Å². The van der Waals surface area contributed by atoms with Gasteiger partial charge in [0.25, 0.3) is 0 Å². The van der Waals surface area contributed by atoms with E-state index in [4.69, 9.17) is 41.6 Å². The standard InChI is InChI=1S/C13H25N3OS2/c1-3-5-6-9(4-2)7-13(11(15)18,12(16)19)8-10(14)17/h9H,3-8H2,1-2H3,(H2,14,17)(H2,15,18)(H2,16,19). The van der Waals surface area contributed by atoms with E-state index in [1.165, 1.54) is 0 Å². The fourth-order valence-corrected chi connectivity index (χ4v) is 2.90. The Bertz CT molecular complexity index is 331. The van der Waals surface area contributed by atoms with Crippen molar-refractivity contribution in [1.29, 1.82) is 0 Å². The third-order valence-electron chi connectivity index (χ3n) is 3.60. The van der Waals surface area contributed by atoms with Crippen molar-refractivity contribution < 1.29 is 4.79 Å². The molecule has 0 bridgehead atoms. The van der Waals surface area contributed by atoms with Crippen LogP contribution in [0.5, 0.6) is 0 Å².